The van der Waals surface area contributed by atoms with Crippen molar-refractivity contribution in [3.8, 4) is 0 Å². The Morgan fingerprint density at radius 1 is 0.947 bits per heavy atom. The maximum absolute atomic E-state index is 12.0. The molecule has 0 unspecified atom stereocenters. The SMILES string of the molecule is O=[S@](CCCc1ccccc1)Cc1cccc(Cl)c1. The Morgan fingerprint density at radius 3 is 2.42 bits per heavy atom. The summed E-state index contributed by atoms with van der Waals surface area (Å²) in [7, 11) is -0.812. The monoisotopic (exact) mass is 292 g/mol. The van der Waals surface area contributed by atoms with Crippen LogP contribution in [0.3, 0.4) is 0 Å². The van der Waals surface area contributed by atoms with Crippen LogP contribution in [0.25, 0.3) is 0 Å². The Morgan fingerprint density at radius 2 is 1.68 bits per heavy atom. The molecule has 2 rings (SSSR count). The molecule has 100 valence electrons. The predicted octanol–water partition coefficient (Wildman–Crippen LogP) is 4.22. The Bertz CT molecular complexity index is 539. The maximum atomic E-state index is 12.0. The van der Waals surface area contributed by atoms with Crippen molar-refractivity contribution >= 4 is 22.4 Å². The van der Waals surface area contributed by atoms with Gasteiger partial charge in [-0.25, -0.2) is 0 Å². The van der Waals surface area contributed by atoms with Crippen molar-refractivity contribution in [2.24, 2.45) is 0 Å². The zero-order valence-corrected chi connectivity index (χ0v) is 12.3. The van der Waals surface area contributed by atoms with Crippen LogP contribution in [0.4, 0.5) is 0 Å². The number of rotatable bonds is 6. The fourth-order valence-corrected chi connectivity index (χ4v) is 3.34. The van der Waals surface area contributed by atoms with E-state index >= 15 is 0 Å². The van der Waals surface area contributed by atoms with Crippen LogP contribution in [0.1, 0.15) is 17.5 Å². The smallest absolute Gasteiger partial charge is 0.0486 e. The highest BCUT2D eigenvalue weighted by Gasteiger charge is 2.03. The van der Waals surface area contributed by atoms with Gasteiger partial charge in [0.25, 0.3) is 0 Å². The van der Waals surface area contributed by atoms with Crippen molar-refractivity contribution in [2.75, 3.05) is 5.75 Å². The number of hydrogen-bond acceptors (Lipinski definition) is 1. The lowest BCUT2D eigenvalue weighted by Gasteiger charge is -2.04. The van der Waals surface area contributed by atoms with Gasteiger partial charge in [-0.15, -0.1) is 0 Å². The lowest BCUT2D eigenvalue weighted by Crippen LogP contribution is -2.02. The van der Waals surface area contributed by atoms with Crippen LogP contribution in [0.2, 0.25) is 5.02 Å². The molecule has 0 spiro atoms. The van der Waals surface area contributed by atoms with Crippen molar-refractivity contribution in [1.29, 1.82) is 0 Å². The van der Waals surface area contributed by atoms with E-state index in [1.54, 1.807) is 0 Å². The minimum Gasteiger partial charge on any atom is -0.259 e. The fourth-order valence-electron chi connectivity index (χ4n) is 1.97. The van der Waals surface area contributed by atoms with Gasteiger partial charge in [0.15, 0.2) is 0 Å². The summed E-state index contributed by atoms with van der Waals surface area (Å²) in [6.45, 7) is 0. The van der Waals surface area contributed by atoms with Crippen molar-refractivity contribution in [2.45, 2.75) is 18.6 Å². The van der Waals surface area contributed by atoms with Crippen molar-refractivity contribution in [3.63, 3.8) is 0 Å². The molecule has 0 fully saturated rings. The van der Waals surface area contributed by atoms with Crippen LogP contribution in [0.15, 0.2) is 54.6 Å². The molecule has 3 heteroatoms. The number of halogens is 1. The molecule has 1 atom stereocenters. The Kier molecular flexibility index (Phi) is 5.62. The molecule has 0 aromatic heterocycles. The average Bonchev–Trinajstić information content (AvgIpc) is 2.40. The number of hydrogen-bond donors (Lipinski definition) is 0. The Balaban J connectivity index is 1.76. The van der Waals surface area contributed by atoms with Crippen LogP contribution in [0.5, 0.6) is 0 Å². The van der Waals surface area contributed by atoms with E-state index in [9.17, 15) is 4.21 Å². The summed E-state index contributed by atoms with van der Waals surface area (Å²) in [6, 6.07) is 17.9. The van der Waals surface area contributed by atoms with Gasteiger partial charge < -0.3 is 0 Å². The summed E-state index contributed by atoms with van der Waals surface area (Å²) in [5.41, 5.74) is 2.35. The maximum Gasteiger partial charge on any atom is 0.0486 e. The van der Waals surface area contributed by atoms with Gasteiger partial charge in [0.05, 0.1) is 0 Å². The fraction of sp³-hybridized carbons (Fsp3) is 0.250. The lowest BCUT2D eigenvalue weighted by molar-refractivity contribution is 0.680. The van der Waals surface area contributed by atoms with Crippen molar-refractivity contribution in [1.82, 2.24) is 0 Å². The second-order valence-corrected chi connectivity index (χ2v) is 6.52. The zero-order valence-electron chi connectivity index (χ0n) is 10.7. The number of aryl methyl sites for hydroxylation is 1. The standard InChI is InChI=1S/C16H17ClOS/c17-16-10-4-8-15(12-16)13-19(18)11-5-9-14-6-2-1-3-7-14/h1-4,6-8,10,12H,5,9,11,13H2/t19-/m1/s1. The topological polar surface area (TPSA) is 17.1 Å². The van der Waals surface area contributed by atoms with E-state index in [4.69, 9.17) is 11.6 Å². The third-order valence-electron chi connectivity index (χ3n) is 2.90. The van der Waals surface area contributed by atoms with E-state index in [1.165, 1.54) is 5.56 Å². The van der Waals surface area contributed by atoms with E-state index < -0.39 is 10.8 Å². The molecule has 0 heterocycles. The van der Waals surface area contributed by atoms with Crippen LogP contribution < -0.4 is 0 Å². The van der Waals surface area contributed by atoms with Crippen LogP contribution in [-0.4, -0.2) is 9.96 Å². The minimum absolute atomic E-state index is 0.593. The van der Waals surface area contributed by atoms with E-state index in [0.717, 1.165) is 24.2 Å². The molecular weight excluding hydrogens is 276 g/mol. The second kappa shape index (κ2) is 7.46. The van der Waals surface area contributed by atoms with Gasteiger partial charge in [-0.2, -0.15) is 0 Å². The Labute approximate surface area is 122 Å². The molecule has 0 aliphatic rings. The van der Waals surface area contributed by atoms with Gasteiger partial charge in [-0.1, -0.05) is 54.1 Å². The van der Waals surface area contributed by atoms with Crippen LogP contribution in [-0.2, 0) is 23.0 Å². The largest absolute Gasteiger partial charge is 0.259 e. The molecule has 2 aromatic carbocycles. The third kappa shape index (κ3) is 5.17. The first-order valence-electron chi connectivity index (χ1n) is 6.37. The lowest BCUT2D eigenvalue weighted by atomic mass is 10.1. The molecular formula is C16H17ClOS. The molecule has 0 N–H and O–H groups in total. The molecule has 1 nitrogen and oxygen atoms in total. The summed E-state index contributed by atoms with van der Waals surface area (Å²) in [4.78, 5) is 0. The first-order valence-corrected chi connectivity index (χ1v) is 8.24. The molecule has 0 aliphatic carbocycles. The molecule has 0 amide bonds. The molecule has 0 saturated carbocycles. The Hall–Kier alpha value is -1.12. The van der Waals surface area contributed by atoms with E-state index in [1.807, 2.05) is 42.5 Å². The highest BCUT2D eigenvalue weighted by atomic mass is 35.5. The van der Waals surface area contributed by atoms with Crippen LogP contribution in [0, 0.1) is 0 Å². The van der Waals surface area contributed by atoms with Crippen LogP contribution >= 0.6 is 11.6 Å². The summed E-state index contributed by atoms with van der Waals surface area (Å²) < 4.78 is 12.0. The molecule has 0 saturated heterocycles. The first kappa shape index (κ1) is 14.3. The van der Waals surface area contributed by atoms with Gasteiger partial charge in [0, 0.05) is 27.3 Å². The average molecular weight is 293 g/mol. The molecule has 0 bridgehead atoms. The molecule has 19 heavy (non-hydrogen) atoms. The molecule has 2 aromatic rings. The van der Waals surface area contributed by atoms with Gasteiger partial charge in [-0.05, 0) is 36.1 Å². The summed E-state index contributed by atoms with van der Waals surface area (Å²) in [6.07, 6.45) is 1.94. The minimum atomic E-state index is -0.812. The third-order valence-corrected chi connectivity index (χ3v) is 4.53. The van der Waals surface area contributed by atoms with E-state index in [2.05, 4.69) is 12.1 Å². The van der Waals surface area contributed by atoms with Crippen molar-refractivity contribution in [3.05, 3.63) is 70.7 Å². The predicted molar refractivity (Wildman–Crippen MR) is 82.9 cm³/mol. The highest BCUT2D eigenvalue weighted by molar-refractivity contribution is 7.84. The van der Waals surface area contributed by atoms with Gasteiger partial charge in [-0.3, -0.25) is 4.21 Å². The van der Waals surface area contributed by atoms with Gasteiger partial charge in [0.1, 0.15) is 0 Å². The van der Waals surface area contributed by atoms with E-state index in [0.29, 0.717) is 10.8 Å². The van der Waals surface area contributed by atoms with E-state index in [-0.39, 0.29) is 0 Å². The first-order chi connectivity index (χ1) is 9.24. The van der Waals surface area contributed by atoms with Gasteiger partial charge >= 0.3 is 0 Å². The summed E-state index contributed by atoms with van der Waals surface area (Å²) in [5, 5.41) is 0.707. The quantitative estimate of drug-likeness (QED) is 0.779. The molecule has 0 radical (unpaired) electrons. The summed E-state index contributed by atoms with van der Waals surface area (Å²) >= 11 is 5.91. The number of benzene rings is 2. The van der Waals surface area contributed by atoms with Crippen molar-refractivity contribution < 1.29 is 4.21 Å². The van der Waals surface area contributed by atoms with Gasteiger partial charge in [0.2, 0.25) is 0 Å². The zero-order chi connectivity index (χ0) is 13.5. The summed E-state index contributed by atoms with van der Waals surface area (Å²) in [5.74, 6) is 1.33. The normalized spacial score (nSPS) is 12.3. The molecule has 0 aliphatic heterocycles. The highest BCUT2D eigenvalue weighted by Crippen LogP contribution is 2.13. The second-order valence-electron chi connectivity index (χ2n) is 4.51.